The molecule has 0 aliphatic carbocycles. The number of carboxylic acids is 1. The van der Waals surface area contributed by atoms with E-state index in [1.54, 1.807) is 24.3 Å². The largest absolute Gasteiger partial charge is 0.478 e. The Morgan fingerprint density at radius 3 is 2.68 bits per heavy atom. The predicted octanol–water partition coefficient (Wildman–Crippen LogP) is 3.39. The number of rotatable bonds is 5. The van der Waals surface area contributed by atoms with Gasteiger partial charge in [-0.3, -0.25) is 9.78 Å². The summed E-state index contributed by atoms with van der Waals surface area (Å²) in [6.07, 6.45) is 0.0607. The van der Waals surface area contributed by atoms with Crippen LogP contribution in [0.5, 0.6) is 0 Å². The summed E-state index contributed by atoms with van der Waals surface area (Å²) in [6.45, 7) is 0. The minimum absolute atomic E-state index is 0.0607. The Bertz CT molecular complexity index is 953. The van der Waals surface area contributed by atoms with E-state index in [1.807, 2.05) is 24.3 Å². The van der Waals surface area contributed by atoms with Gasteiger partial charge in [-0.15, -0.1) is 0 Å². The van der Waals surface area contributed by atoms with E-state index in [0.717, 1.165) is 16.6 Å². The van der Waals surface area contributed by atoms with Gasteiger partial charge in [0.15, 0.2) is 0 Å². The lowest BCUT2D eigenvalue weighted by Crippen LogP contribution is -2.07. The van der Waals surface area contributed by atoms with E-state index in [9.17, 15) is 9.59 Å². The molecular formula is C19H16N2O4. The second-order valence-corrected chi connectivity index (χ2v) is 5.44. The number of esters is 1. The maximum atomic E-state index is 11.6. The zero-order valence-corrected chi connectivity index (χ0v) is 13.5. The van der Waals surface area contributed by atoms with Crippen LogP contribution in [0.1, 0.15) is 16.1 Å². The summed E-state index contributed by atoms with van der Waals surface area (Å²) >= 11 is 0. The number of carbonyl (C=O) groups is 2. The quantitative estimate of drug-likeness (QED) is 0.694. The first kappa shape index (κ1) is 16.4. The van der Waals surface area contributed by atoms with Crippen LogP contribution >= 0.6 is 0 Å². The molecule has 0 radical (unpaired) electrons. The number of nitrogens with zero attached hydrogens (tertiary/aromatic N) is 1. The molecule has 0 atom stereocenters. The lowest BCUT2D eigenvalue weighted by atomic mass is 10.1. The van der Waals surface area contributed by atoms with Gasteiger partial charge in [-0.25, -0.2) is 4.79 Å². The molecule has 6 nitrogen and oxygen atoms in total. The van der Waals surface area contributed by atoms with Crippen LogP contribution in [0.2, 0.25) is 0 Å². The molecule has 0 bridgehead atoms. The number of hydrogen-bond acceptors (Lipinski definition) is 5. The summed E-state index contributed by atoms with van der Waals surface area (Å²) in [5.41, 5.74) is 2.88. The second kappa shape index (κ2) is 7.00. The summed E-state index contributed by atoms with van der Waals surface area (Å²) in [4.78, 5) is 27.2. The average Bonchev–Trinajstić information content (AvgIpc) is 2.62. The zero-order chi connectivity index (χ0) is 17.8. The predicted molar refractivity (Wildman–Crippen MR) is 94.1 cm³/mol. The highest BCUT2D eigenvalue weighted by molar-refractivity contribution is 5.94. The number of nitrogens with one attached hydrogen (secondary N) is 1. The molecule has 0 amide bonds. The average molecular weight is 336 g/mol. The van der Waals surface area contributed by atoms with Gasteiger partial charge in [0.1, 0.15) is 0 Å². The van der Waals surface area contributed by atoms with Crippen molar-refractivity contribution in [2.45, 2.75) is 6.42 Å². The Morgan fingerprint density at radius 1 is 1.12 bits per heavy atom. The number of anilines is 2. The van der Waals surface area contributed by atoms with E-state index in [0.29, 0.717) is 11.4 Å². The smallest absolute Gasteiger partial charge is 0.335 e. The number of aromatic nitrogens is 1. The fraction of sp³-hybridized carbons (Fsp3) is 0.105. The van der Waals surface area contributed by atoms with E-state index < -0.39 is 5.97 Å². The van der Waals surface area contributed by atoms with Gasteiger partial charge < -0.3 is 15.2 Å². The first-order valence-corrected chi connectivity index (χ1v) is 7.62. The van der Waals surface area contributed by atoms with Crippen molar-refractivity contribution in [3.63, 3.8) is 0 Å². The number of carbonyl (C=O) groups excluding carboxylic acids is 1. The van der Waals surface area contributed by atoms with Crippen LogP contribution in [-0.2, 0) is 16.0 Å². The molecule has 2 aromatic carbocycles. The van der Waals surface area contributed by atoms with Crippen molar-refractivity contribution in [2.75, 3.05) is 12.4 Å². The molecule has 25 heavy (non-hydrogen) atoms. The SMILES string of the molecule is COC(=O)Cc1cc(Nc2cccc(C(=O)O)c2)c2ccccc2n1. The Labute approximate surface area is 144 Å². The van der Waals surface area contributed by atoms with Crippen LogP contribution < -0.4 is 5.32 Å². The number of ether oxygens (including phenoxy) is 1. The minimum Gasteiger partial charge on any atom is -0.478 e. The number of para-hydroxylation sites is 1. The topological polar surface area (TPSA) is 88.5 Å². The molecular weight excluding hydrogens is 320 g/mol. The normalized spacial score (nSPS) is 10.4. The van der Waals surface area contributed by atoms with Gasteiger partial charge in [-0.05, 0) is 30.3 Å². The van der Waals surface area contributed by atoms with Gasteiger partial charge in [0.05, 0.1) is 30.3 Å². The Hall–Kier alpha value is -3.41. The maximum Gasteiger partial charge on any atom is 0.335 e. The van der Waals surface area contributed by atoms with Crippen LogP contribution in [0.15, 0.2) is 54.6 Å². The Kier molecular flexibility index (Phi) is 4.61. The van der Waals surface area contributed by atoms with Crippen molar-refractivity contribution in [2.24, 2.45) is 0 Å². The first-order chi connectivity index (χ1) is 12.1. The number of aromatic carboxylic acids is 1. The van der Waals surface area contributed by atoms with E-state index in [-0.39, 0.29) is 18.0 Å². The molecule has 3 aromatic rings. The third kappa shape index (κ3) is 3.74. The summed E-state index contributed by atoms with van der Waals surface area (Å²) in [7, 11) is 1.33. The van der Waals surface area contributed by atoms with E-state index >= 15 is 0 Å². The zero-order valence-electron chi connectivity index (χ0n) is 13.5. The molecule has 0 unspecified atom stereocenters. The number of fused-ring (bicyclic) bond motifs is 1. The lowest BCUT2D eigenvalue weighted by Gasteiger charge is -2.12. The highest BCUT2D eigenvalue weighted by Gasteiger charge is 2.11. The molecule has 126 valence electrons. The number of hydrogen-bond donors (Lipinski definition) is 2. The molecule has 0 saturated carbocycles. The van der Waals surface area contributed by atoms with Crippen LogP contribution in [0.3, 0.4) is 0 Å². The van der Waals surface area contributed by atoms with Gasteiger partial charge in [0, 0.05) is 16.8 Å². The van der Waals surface area contributed by atoms with Crippen molar-refractivity contribution in [3.8, 4) is 0 Å². The Morgan fingerprint density at radius 2 is 1.92 bits per heavy atom. The summed E-state index contributed by atoms with van der Waals surface area (Å²) in [6, 6.07) is 15.8. The van der Waals surface area contributed by atoms with Gasteiger partial charge >= 0.3 is 11.9 Å². The Balaban J connectivity index is 2.03. The fourth-order valence-electron chi connectivity index (χ4n) is 2.53. The highest BCUT2D eigenvalue weighted by atomic mass is 16.5. The van der Waals surface area contributed by atoms with Crippen molar-refractivity contribution in [1.82, 2.24) is 4.98 Å². The molecule has 1 aromatic heterocycles. The monoisotopic (exact) mass is 336 g/mol. The number of benzene rings is 2. The number of methoxy groups -OCH3 is 1. The number of pyridine rings is 1. The molecule has 0 spiro atoms. The minimum atomic E-state index is -0.991. The number of carboxylic acid groups (broad SMARTS) is 1. The summed E-state index contributed by atoms with van der Waals surface area (Å²) in [5.74, 6) is -1.36. The highest BCUT2D eigenvalue weighted by Crippen LogP contribution is 2.27. The van der Waals surface area contributed by atoms with Gasteiger partial charge in [-0.1, -0.05) is 24.3 Å². The molecule has 3 rings (SSSR count). The van der Waals surface area contributed by atoms with Crippen molar-refractivity contribution < 1.29 is 19.4 Å². The fourth-order valence-corrected chi connectivity index (χ4v) is 2.53. The first-order valence-electron chi connectivity index (χ1n) is 7.62. The van der Waals surface area contributed by atoms with E-state index in [1.165, 1.54) is 13.2 Å². The van der Waals surface area contributed by atoms with Crippen molar-refractivity contribution in [1.29, 1.82) is 0 Å². The van der Waals surface area contributed by atoms with Crippen LogP contribution in [0.25, 0.3) is 10.9 Å². The summed E-state index contributed by atoms with van der Waals surface area (Å²) < 4.78 is 4.70. The standard InChI is InChI=1S/C19H16N2O4/c1-25-18(22)11-14-10-17(15-7-2-3-8-16(15)21-14)20-13-6-4-5-12(9-13)19(23)24/h2-10H,11H2,1H3,(H,20,21)(H,23,24). The van der Waals surface area contributed by atoms with Crippen LogP contribution in [0, 0.1) is 0 Å². The van der Waals surface area contributed by atoms with E-state index in [4.69, 9.17) is 9.84 Å². The maximum absolute atomic E-state index is 11.6. The van der Waals surface area contributed by atoms with Gasteiger partial charge in [0.25, 0.3) is 0 Å². The summed E-state index contributed by atoms with van der Waals surface area (Å²) in [5, 5.41) is 13.2. The molecule has 0 saturated heterocycles. The van der Waals surface area contributed by atoms with Gasteiger partial charge in [0.2, 0.25) is 0 Å². The molecule has 0 aliphatic heterocycles. The van der Waals surface area contributed by atoms with Crippen molar-refractivity contribution in [3.05, 3.63) is 65.9 Å². The molecule has 0 aliphatic rings. The van der Waals surface area contributed by atoms with Crippen molar-refractivity contribution >= 4 is 34.2 Å². The van der Waals surface area contributed by atoms with Crippen LogP contribution in [-0.4, -0.2) is 29.1 Å². The second-order valence-electron chi connectivity index (χ2n) is 5.44. The molecule has 6 heteroatoms. The molecule has 1 heterocycles. The third-order valence-electron chi connectivity index (χ3n) is 3.71. The molecule has 2 N–H and O–H groups in total. The van der Waals surface area contributed by atoms with Gasteiger partial charge in [-0.2, -0.15) is 0 Å². The van der Waals surface area contributed by atoms with Crippen LogP contribution in [0.4, 0.5) is 11.4 Å². The molecule has 0 fully saturated rings. The van der Waals surface area contributed by atoms with E-state index in [2.05, 4.69) is 10.3 Å². The lowest BCUT2D eigenvalue weighted by molar-refractivity contribution is -0.139. The third-order valence-corrected chi connectivity index (χ3v) is 3.71.